The second kappa shape index (κ2) is 6.84. The number of hydrogen-bond acceptors (Lipinski definition) is 6. The van der Waals surface area contributed by atoms with E-state index in [2.05, 4.69) is 10.1 Å². The standard InChI is InChI=1S/C17H14ClN4O2/c1-21(15-8-7-14(18)10-16(15)22(23)24)20-11-13-5-2-4-12-6-3-9-19-17(12)13/h2-11,23H,1H3/q-1/b20-11+. The number of rotatable bonds is 4. The summed E-state index contributed by atoms with van der Waals surface area (Å²) in [5.74, 6) is 0. The molecule has 1 heterocycles. The zero-order chi connectivity index (χ0) is 17.1. The minimum Gasteiger partial charge on any atom is -0.733 e. The second-order valence-corrected chi connectivity index (χ2v) is 5.53. The molecule has 1 N–H and O–H groups in total. The molecule has 0 fully saturated rings. The summed E-state index contributed by atoms with van der Waals surface area (Å²) < 4.78 is 0. The molecule has 0 amide bonds. The van der Waals surface area contributed by atoms with Crippen LogP contribution in [0, 0.1) is 5.21 Å². The van der Waals surface area contributed by atoms with Gasteiger partial charge < -0.3 is 10.4 Å². The fraction of sp³-hybridized carbons (Fsp3) is 0.0588. The van der Waals surface area contributed by atoms with E-state index in [1.807, 2.05) is 30.3 Å². The van der Waals surface area contributed by atoms with Gasteiger partial charge in [0.2, 0.25) is 0 Å². The molecular formula is C17H14ClN4O2-. The summed E-state index contributed by atoms with van der Waals surface area (Å²) in [5, 5.41) is 27.5. The van der Waals surface area contributed by atoms with Gasteiger partial charge in [-0.25, -0.2) is 0 Å². The van der Waals surface area contributed by atoms with Crippen LogP contribution < -0.4 is 10.2 Å². The normalized spacial score (nSPS) is 11.2. The molecule has 0 atom stereocenters. The topological polar surface area (TPSA) is 75.0 Å². The first-order chi connectivity index (χ1) is 11.6. The Balaban J connectivity index is 1.94. The summed E-state index contributed by atoms with van der Waals surface area (Å²) in [5.41, 5.74) is 2.11. The smallest absolute Gasteiger partial charge is 0.0838 e. The van der Waals surface area contributed by atoms with Crippen molar-refractivity contribution in [1.29, 1.82) is 0 Å². The van der Waals surface area contributed by atoms with E-state index in [0.717, 1.165) is 16.5 Å². The Morgan fingerprint density at radius 2 is 1.96 bits per heavy atom. The summed E-state index contributed by atoms with van der Waals surface area (Å²) in [7, 11) is 1.67. The first-order valence-electron chi connectivity index (χ1n) is 7.13. The van der Waals surface area contributed by atoms with E-state index in [0.29, 0.717) is 10.7 Å². The van der Waals surface area contributed by atoms with Gasteiger partial charge >= 0.3 is 0 Å². The second-order valence-electron chi connectivity index (χ2n) is 5.10. The number of benzene rings is 2. The Labute approximate surface area is 143 Å². The van der Waals surface area contributed by atoms with Gasteiger partial charge in [-0.1, -0.05) is 35.9 Å². The molecule has 0 aliphatic rings. The van der Waals surface area contributed by atoms with E-state index in [-0.39, 0.29) is 10.9 Å². The van der Waals surface area contributed by atoms with Gasteiger partial charge in [0.15, 0.2) is 0 Å². The predicted octanol–water partition coefficient (Wildman–Crippen LogP) is 4.05. The van der Waals surface area contributed by atoms with Crippen molar-refractivity contribution in [2.45, 2.75) is 0 Å². The van der Waals surface area contributed by atoms with E-state index >= 15 is 0 Å². The molecule has 122 valence electrons. The van der Waals surface area contributed by atoms with Gasteiger partial charge in [-0.15, -0.1) is 0 Å². The van der Waals surface area contributed by atoms with Crippen LogP contribution in [0.25, 0.3) is 10.9 Å². The predicted molar refractivity (Wildman–Crippen MR) is 96.8 cm³/mol. The molecule has 0 saturated heterocycles. The Kier molecular flexibility index (Phi) is 4.61. The third-order valence-corrected chi connectivity index (χ3v) is 3.76. The summed E-state index contributed by atoms with van der Waals surface area (Å²) in [6, 6.07) is 14.2. The van der Waals surface area contributed by atoms with Crippen molar-refractivity contribution in [2.75, 3.05) is 17.3 Å². The van der Waals surface area contributed by atoms with Crippen molar-refractivity contribution in [3.05, 3.63) is 70.5 Å². The first-order valence-corrected chi connectivity index (χ1v) is 7.51. The fourth-order valence-electron chi connectivity index (χ4n) is 2.37. The molecule has 24 heavy (non-hydrogen) atoms. The maximum atomic E-state index is 11.3. The molecule has 3 rings (SSSR count). The molecule has 0 spiro atoms. The van der Waals surface area contributed by atoms with Crippen LogP contribution in [0.3, 0.4) is 0 Å². The van der Waals surface area contributed by atoms with E-state index in [1.54, 1.807) is 31.6 Å². The van der Waals surface area contributed by atoms with Gasteiger partial charge in [-0.3, -0.25) is 15.2 Å². The molecule has 0 saturated carbocycles. The van der Waals surface area contributed by atoms with E-state index < -0.39 is 0 Å². The van der Waals surface area contributed by atoms with Crippen molar-refractivity contribution in [1.82, 2.24) is 4.98 Å². The minimum absolute atomic E-state index is 0.0122. The molecule has 7 heteroatoms. The number of fused-ring (bicyclic) bond motifs is 1. The Morgan fingerprint density at radius 3 is 2.75 bits per heavy atom. The fourth-order valence-corrected chi connectivity index (χ4v) is 2.53. The molecule has 2 aromatic carbocycles. The quantitative estimate of drug-likeness (QED) is 0.572. The molecule has 3 aromatic rings. The number of para-hydroxylation sites is 1. The number of pyridine rings is 1. The molecule has 1 aromatic heterocycles. The zero-order valence-electron chi connectivity index (χ0n) is 12.8. The highest BCUT2D eigenvalue weighted by atomic mass is 35.5. The lowest BCUT2D eigenvalue weighted by atomic mass is 10.1. The molecule has 0 radical (unpaired) electrons. The van der Waals surface area contributed by atoms with Crippen molar-refractivity contribution in [3.8, 4) is 0 Å². The molecule has 0 unspecified atom stereocenters. The average Bonchev–Trinajstić information content (AvgIpc) is 2.59. The highest BCUT2D eigenvalue weighted by molar-refractivity contribution is 6.31. The number of hydrogen-bond donors (Lipinski definition) is 1. The van der Waals surface area contributed by atoms with Crippen LogP contribution >= 0.6 is 11.6 Å². The maximum Gasteiger partial charge on any atom is 0.0838 e. The van der Waals surface area contributed by atoms with Gasteiger partial charge in [-0.2, -0.15) is 5.10 Å². The number of hydrazone groups is 1. The van der Waals surface area contributed by atoms with E-state index in [9.17, 15) is 10.4 Å². The molecule has 0 bridgehead atoms. The van der Waals surface area contributed by atoms with Crippen LogP contribution in [0.5, 0.6) is 0 Å². The first kappa shape index (κ1) is 16.2. The van der Waals surface area contributed by atoms with Crippen molar-refractivity contribution in [2.24, 2.45) is 5.10 Å². The highest BCUT2D eigenvalue weighted by Crippen LogP contribution is 2.30. The van der Waals surface area contributed by atoms with Crippen LogP contribution in [-0.2, 0) is 0 Å². The summed E-state index contributed by atoms with van der Waals surface area (Å²) in [6.07, 6.45) is 3.38. The molecular weight excluding hydrogens is 328 g/mol. The number of nitrogens with zero attached hydrogens (tertiary/aromatic N) is 4. The molecule has 0 aliphatic carbocycles. The maximum absolute atomic E-state index is 11.3. The average molecular weight is 342 g/mol. The summed E-state index contributed by atoms with van der Waals surface area (Å²) in [6.45, 7) is 0. The van der Waals surface area contributed by atoms with Crippen molar-refractivity contribution >= 4 is 40.1 Å². The van der Waals surface area contributed by atoms with Gasteiger partial charge in [0.25, 0.3) is 0 Å². The summed E-state index contributed by atoms with van der Waals surface area (Å²) >= 11 is 5.86. The zero-order valence-corrected chi connectivity index (χ0v) is 13.6. The van der Waals surface area contributed by atoms with Crippen molar-refractivity contribution < 1.29 is 5.21 Å². The van der Waals surface area contributed by atoms with Gasteiger partial charge in [0.1, 0.15) is 0 Å². The largest absolute Gasteiger partial charge is 0.733 e. The lowest BCUT2D eigenvalue weighted by molar-refractivity contribution is 0.296. The SMILES string of the molecule is CN(/N=C/c1cccc2cccnc12)c1ccc(Cl)cc1N([O-])O. The number of halogens is 1. The van der Waals surface area contributed by atoms with Crippen LogP contribution in [0.1, 0.15) is 5.56 Å². The Bertz CT molecular complexity index is 893. The van der Waals surface area contributed by atoms with Gasteiger partial charge in [0.05, 0.1) is 23.1 Å². The van der Waals surface area contributed by atoms with E-state index in [4.69, 9.17) is 11.6 Å². The van der Waals surface area contributed by atoms with Crippen LogP contribution in [0.2, 0.25) is 5.02 Å². The van der Waals surface area contributed by atoms with Crippen molar-refractivity contribution in [3.63, 3.8) is 0 Å². The number of anilines is 2. The summed E-state index contributed by atoms with van der Waals surface area (Å²) in [4.78, 5) is 4.36. The van der Waals surface area contributed by atoms with Gasteiger partial charge in [-0.05, 0) is 24.3 Å². The highest BCUT2D eigenvalue weighted by Gasteiger charge is 2.08. The molecule has 0 aliphatic heterocycles. The Morgan fingerprint density at radius 1 is 1.17 bits per heavy atom. The number of aromatic nitrogens is 1. The van der Waals surface area contributed by atoms with Crippen LogP contribution in [-0.4, -0.2) is 23.5 Å². The third kappa shape index (κ3) is 3.30. The lowest BCUT2D eigenvalue weighted by Gasteiger charge is -2.27. The lowest BCUT2D eigenvalue weighted by Crippen LogP contribution is -2.15. The van der Waals surface area contributed by atoms with Crippen LogP contribution in [0.4, 0.5) is 11.4 Å². The molecule has 6 nitrogen and oxygen atoms in total. The van der Waals surface area contributed by atoms with E-state index in [1.165, 1.54) is 11.1 Å². The Hall–Kier alpha value is -2.67. The minimum atomic E-state index is -0.229. The monoisotopic (exact) mass is 341 g/mol. The van der Waals surface area contributed by atoms with Gasteiger partial charge in [0, 0.05) is 29.2 Å². The van der Waals surface area contributed by atoms with Crippen LogP contribution in [0.15, 0.2) is 59.8 Å². The third-order valence-electron chi connectivity index (χ3n) is 3.53.